The van der Waals surface area contributed by atoms with Gasteiger partial charge in [0.05, 0.1) is 20.6 Å². The van der Waals surface area contributed by atoms with Crippen LogP contribution < -0.4 is 0 Å². The molecule has 19 heavy (non-hydrogen) atoms. The quantitative estimate of drug-likeness (QED) is 0.718. The molecule has 0 radical (unpaired) electrons. The molecule has 0 saturated heterocycles. The number of hydrogen-bond acceptors (Lipinski definition) is 1. The van der Waals surface area contributed by atoms with Gasteiger partial charge in [0.2, 0.25) is 0 Å². The minimum absolute atomic E-state index is 0.00803. The maximum atomic E-state index is 11.1. The highest BCUT2D eigenvalue weighted by molar-refractivity contribution is 6.45. The lowest BCUT2D eigenvalue weighted by molar-refractivity contribution is 0.0697. The molecule has 6 heteroatoms. The Morgan fingerprint density at radius 1 is 0.947 bits per heavy atom. The number of aromatic carboxylic acids is 1. The van der Waals surface area contributed by atoms with Gasteiger partial charge >= 0.3 is 5.97 Å². The van der Waals surface area contributed by atoms with Crippen LogP contribution in [0.2, 0.25) is 20.1 Å². The zero-order valence-corrected chi connectivity index (χ0v) is 12.3. The average molecular weight is 336 g/mol. The largest absolute Gasteiger partial charge is 0.478 e. The van der Waals surface area contributed by atoms with Crippen LogP contribution in [0.25, 0.3) is 11.1 Å². The van der Waals surface area contributed by atoms with E-state index in [2.05, 4.69) is 0 Å². The third-order valence-electron chi connectivity index (χ3n) is 2.50. The van der Waals surface area contributed by atoms with Crippen LogP contribution in [-0.2, 0) is 0 Å². The summed E-state index contributed by atoms with van der Waals surface area (Å²) in [5.41, 5.74) is 1.13. The van der Waals surface area contributed by atoms with Crippen LogP contribution >= 0.6 is 46.4 Å². The molecule has 0 heterocycles. The SMILES string of the molecule is O=C(O)c1cc(-c2cc(Cl)cc(Cl)c2Cl)ccc1Cl. The highest BCUT2D eigenvalue weighted by Crippen LogP contribution is 2.37. The van der Waals surface area contributed by atoms with Crippen molar-refractivity contribution in [2.75, 3.05) is 0 Å². The van der Waals surface area contributed by atoms with E-state index in [-0.39, 0.29) is 10.6 Å². The Bertz CT molecular complexity index is 668. The normalized spacial score (nSPS) is 10.5. The number of benzene rings is 2. The van der Waals surface area contributed by atoms with Crippen LogP contribution in [0.3, 0.4) is 0 Å². The summed E-state index contributed by atoms with van der Waals surface area (Å²) in [7, 11) is 0. The van der Waals surface area contributed by atoms with Crippen molar-refractivity contribution >= 4 is 52.4 Å². The van der Waals surface area contributed by atoms with Gasteiger partial charge < -0.3 is 5.11 Å². The summed E-state index contributed by atoms with van der Waals surface area (Å²) in [6.07, 6.45) is 0. The summed E-state index contributed by atoms with van der Waals surface area (Å²) in [4.78, 5) is 11.1. The van der Waals surface area contributed by atoms with Gasteiger partial charge in [-0.2, -0.15) is 0 Å². The summed E-state index contributed by atoms with van der Waals surface area (Å²) in [5.74, 6) is -1.11. The predicted octanol–water partition coefficient (Wildman–Crippen LogP) is 5.67. The smallest absolute Gasteiger partial charge is 0.337 e. The molecule has 0 fully saturated rings. The van der Waals surface area contributed by atoms with Gasteiger partial charge in [0.1, 0.15) is 0 Å². The van der Waals surface area contributed by atoms with Gasteiger partial charge in [-0.25, -0.2) is 4.79 Å². The van der Waals surface area contributed by atoms with Gasteiger partial charge in [-0.1, -0.05) is 52.5 Å². The van der Waals surface area contributed by atoms with Crippen molar-refractivity contribution in [3.63, 3.8) is 0 Å². The van der Waals surface area contributed by atoms with Gasteiger partial charge in [-0.15, -0.1) is 0 Å². The Kier molecular flexibility index (Phi) is 4.26. The van der Waals surface area contributed by atoms with Crippen LogP contribution in [0.1, 0.15) is 10.4 Å². The molecule has 0 aliphatic rings. The molecule has 0 bridgehead atoms. The Labute approximate surface area is 129 Å². The van der Waals surface area contributed by atoms with Crippen LogP contribution in [0.15, 0.2) is 30.3 Å². The second kappa shape index (κ2) is 5.59. The summed E-state index contributed by atoms with van der Waals surface area (Å²) in [6, 6.07) is 7.71. The minimum atomic E-state index is -1.11. The van der Waals surface area contributed by atoms with Crippen LogP contribution in [0.4, 0.5) is 0 Å². The molecular weight excluding hydrogens is 330 g/mol. The predicted molar refractivity (Wildman–Crippen MR) is 78.9 cm³/mol. The van der Waals surface area contributed by atoms with Crippen molar-refractivity contribution in [1.29, 1.82) is 0 Å². The molecule has 2 aromatic rings. The Morgan fingerprint density at radius 2 is 1.63 bits per heavy atom. The van der Waals surface area contributed by atoms with Gasteiger partial charge in [-0.05, 0) is 29.8 Å². The molecule has 0 amide bonds. The molecule has 0 atom stereocenters. The van der Waals surface area contributed by atoms with E-state index in [4.69, 9.17) is 51.5 Å². The van der Waals surface area contributed by atoms with E-state index in [1.165, 1.54) is 18.2 Å². The van der Waals surface area contributed by atoms with E-state index in [0.29, 0.717) is 26.2 Å². The van der Waals surface area contributed by atoms with E-state index in [9.17, 15) is 4.79 Å². The topological polar surface area (TPSA) is 37.3 Å². The standard InChI is InChI=1S/C13H6Cl4O2/c14-7-4-8(12(17)11(16)5-7)6-1-2-10(15)9(3-6)13(18)19/h1-5H,(H,18,19). The molecule has 0 saturated carbocycles. The summed E-state index contributed by atoms with van der Waals surface area (Å²) in [5, 5.41) is 10.2. The Hall–Kier alpha value is -0.930. The third-order valence-corrected chi connectivity index (χ3v) is 3.85. The molecule has 98 valence electrons. The van der Waals surface area contributed by atoms with Gasteiger partial charge in [0.25, 0.3) is 0 Å². The molecule has 2 nitrogen and oxygen atoms in total. The van der Waals surface area contributed by atoms with Crippen molar-refractivity contribution in [3.8, 4) is 11.1 Å². The van der Waals surface area contributed by atoms with Crippen molar-refractivity contribution in [1.82, 2.24) is 0 Å². The first-order chi connectivity index (χ1) is 8.90. The molecule has 0 unspecified atom stereocenters. The molecule has 2 rings (SSSR count). The molecule has 2 aromatic carbocycles. The maximum Gasteiger partial charge on any atom is 0.337 e. The second-order valence-electron chi connectivity index (χ2n) is 3.75. The van der Waals surface area contributed by atoms with E-state index in [1.54, 1.807) is 12.1 Å². The maximum absolute atomic E-state index is 11.1. The van der Waals surface area contributed by atoms with Crippen molar-refractivity contribution < 1.29 is 9.90 Å². The number of carbonyl (C=O) groups is 1. The minimum Gasteiger partial charge on any atom is -0.478 e. The van der Waals surface area contributed by atoms with E-state index in [0.717, 1.165) is 0 Å². The molecule has 0 spiro atoms. The fourth-order valence-corrected chi connectivity index (χ4v) is 2.53. The lowest BCUT2D eigenvalue weighted by atomic mass is 10.0. The lowest BCUT2D eigenvalue weighted by Crippen LogP contribution is -1.97. The Morgan fingerprint density at radius 3 is 2.26 bits per heavy atom. The van der Waals surface area contributed by atoms with Gasteiger partial charge in [0, 0.05) is 10.6 Å². The highest BCUT2D eigenvalue weighted by Gasteiger charge is 2.14. The highest BCUT2D eigenvalue weighted by atomic mass is 35.5. The monoisotopic (exact) mass is 334 g/mol. The Balaban J connectivity index is 2.66. The number of carboxylic acid groups (broad SMARTS) is 1. The van der Waals surface area contributed by atoms with Gasteiger partial charge in [-0.3, -0.25) is 0 Å². The average Bonchev–Trinajstić information content (AvgIpc) is 2.34. The summed E-state index contributed by atoms with van der Waals surface area (Å²) in [6.45, 7) is 0. The molecule has 0 aliphatic heterocycles. The van der Waals surface area contributed by atoms with E-state index < -0.39 is 5.97 Å². The molecule has 0 aliphatic carbocycles. The zero-order chi connectivity index (χ0) is 14.2. The zero-order valence-electron chi connectivity index (χ0n) is 9.25. The van der Waals surface area contributed by atoms with Crippen molar-refractivity contribution in [2.24, 2.45) is 0 Å². The fraction of sp³-hybridized carbons (Fsp3) is 0. The first-order valence-electron chi connectivity index (χ1n) is 5.08. The third kappa shape index (κ3) is 2.98. The van der Waals surface area contributed by atoms with E-state index in [1.807, 2.05) is 0 Å². The number of rotatable bonds is 2. The lowest BCUT2D eigenvalue weighted by Gasteiger charge is -2.09. The second-order valence-corrected chi connectivity index (χ2v) is 5.38. The van der Waals surface area contributed by atoms with E-state index >= 15 is 0 Å². The van der Waals surface area contributed by atoms with Gasteiger partial charge in [0.15, 0.2) is 0 Å². The summed E-state index contributed by atoms with van der Waals surface area (Å²) < 4.78 is 0. The van der Waals surface area contributed by atoms with Crippen molar-refractivity contribution in [2.45, 2.75) is 0 Å². The van der Waals surface area contributed by atoms with Crippen LogP contribution in [-0.4, -0.2) is 11.1 Å². The number of hydrogen-bond donors (Lipinski definition) is 1. The first kappa shape index (κ1) is 14.5. The molecule has 1 N–H and O–H groups in total. The molecular formula is C13H6Cl4O2. The number of carboxylic acids is 1. The molecule has 0 aromatic heterocycles. The van der Waals surface area contributed by atoms with Crippen LogP contribution in [0, 0.1) is 0 Å². The van der Waals surface area contributed by atoms with Crippen LogP contribution in [0.5, 0.6) is 0 Å². The van der Waals surface area contributed by atoms with Crippen molar-refractivity contribution in [3.05, 3.63) is 56.0 Å². The fourth-order valence-electron chi connectivity index (χ4n) is 1.62. The number of halogens is 4. The summed E-state index contributed by atoms with van der Waals surface area (Å²) >= 11 is 23.8. The first-order valence-corrected chi connectivity index (χ1v) is 6.59.